The van der Waals surface area contributed by atoms with E-state index in [0.717, 1.165) is 19.4 Å². The van der Waals surface area contributed by atoms with Gasteiger partial charge in [0.1, 0.15) is 18.2 Å². The average molecular weight is 188 g/mol. The Labute approximate surface area is 77.8 Å². The first-order chi connectivity index (χ1) is 6.18. The average Bonchev–Trinajstić information content (AvgIpc) is 2.49. The molecule has 0 aromatic rings. The zero-order valence-corrected chi connectivity index (χ0v) is 7.74. The van der Waals surface area contributed by atoms with Gasteiger partial charge in [-0.25, -0.2) is 0 Å². The third-order valence-corrected chi connectivity index (χ3v) is 3.69. The normalized spacial score (nSPS) is 50.5. The number of fused-ring (bicyclic) bond motifs is 1. The monoisotopic (exact) mass is 188 g/mol. The van der Waals surface area contributed by atoms with E-state index in [0.29, 0.717) is 13.0 Å². The van der Waals surface area contributed by atoms with E-state index in [-0.39, 0.29) is 12.1 Å². The number of nitrogens with one attached hydrogen (secondary N) is 1. The maximum absolute atomic E-state index is 9.55. The van der Waals surface area contributed by atoms with Crippen molar-refractivity contribution in [1.29, 1.82) is 0 Å². The summed E-state index contributed by atoms with van der Waals surface area (Å²) in [6.45, 7) is 1.73. The van der Waals surface area contributed by atoms with Crippen LogP contribution in [0.2, 0.25) is 0 Å². The van der Waals surface area contributed by atoms with Gasteiger partial charge >= 0.3 is 0 Å². The van der Waals surface area contributed by atoms with Crippen LogP contribution in [0.25, 0.3) is 0 Å². The van der Waals surface area contributed by atoms with Crippen molar-refractivity contribution in [3.8, 4) is 0 Å². The SMILES string of the molecule is OC[C@]12CCC[NH+]1C[C@@H](O)[C@@H](O)C2. The highest BCUT2D eigenvalue weighted by atomic mass is 16.3. The Balaban J connectivity index is 2.15. The second-order valence-corrected chi connectivity index (χ2v) is 4.44. The predicted molar refractivity (Wildman–Crippen MR) is 46.4 cm³/mol. The second kappa shape index (κ2) is 3.20. The molecule has 2 heterocycles. The molecule has 2 rings (SSSR count). The van der Waals surface area contributed by atoms with Gasteiger partial charge in [0.25, 0.3) is 0 Å². The Hall–Kier alpha value is -0.160. The van der Waals surface area contributed by atoms with Crippen LogP contribution in [0.3, 0.4) is 0 Å². The van der Waals surface area contributed by atoms with Gasteiger partial charge < -0.3 is 20.2 Å². The molecule has 2 fully saturated rings. The third-order valence-electron chi connectivity index (χ3n) is 3.69. The van der Waals surface area contributed by atoms with Crippen LogP contribution in [0, 0.1) is 0 Å². The van der Waals surface area contributed by atoms with E-state index in [1.807, 2.05) is 0 Å². The Bertz CT molecular complexity index is 199. The topological polar surface area (TPSA) is 65.1 Å². The lowest BCUT2D eigenvalue weighted by Gasteiger charge is -2.41. The molecule has 4 nitrogen and oxygen atoms in total. The molecule has 4 atom stereocenters. The zero-order chi connectivity index (χ0) is 9.47. The molecular weight excluding hydrogens is 170 g/mol. The minimum Gasteiger partial charge on any atom is -0.390 e. The van der Waals surface area contributed by atoms with E-state index in [1.165, 1.54) is 4.90 Å². The molecule has 0 saturated carbocycles. The van der Waals surface area contributed by atoms with Crippen LogP contribution in [0.15, 0.2) is 0 Å². The second-order valence-electron chi connectivity index (χ2n) is 4.44. The van der Waals surface area contributed by atoms with Crippen molar-refractivity contribution >= 4 is 0 Å². The summed E-state index contributed by atoms with van der Waals surface area (Å²) in [6, 6.07) is 0. The van der Waals surface area contributed by atoms with Crippen LogP contribution in [-0.4, -0.2) is 52.8 Å². The first-order valence-electron chi connectivity index (χ1n) is 5.00. The highest BCUT2D eigenvalue weighted by Crippen LogP contribution is 2.24. The van der Waals surface area contributed by atoms with Gasteiger partial charge in [0.15, 0.2) is 0 Å². The number of hydrogen-bond donors (Lipinski definition) is 4. The predicted octanol–water partition coefficient (Wildman–Crippen LogP) is -2.48. The molecule has 4 heteroatoms. The molecule has 0 aliphatic carbocycles. The molecular formula is C9H18NO3+. The third kappa shape index (κ3) is 1.38. The Morgan fingerprint density at radius 3 is 2.77 bits per heavy atom. The van der Waals surface area contributed by atoms with Crippen LogP contribution < -0.4 is 4.90 Å². The molecule has 0 aromatic heterocycles. The van der Waals surface area contributed by atoms with Gasteiger partial charge in [-0.3, -0.25) is 0 Å². The summed E-state index contributed by atoms with van der Waals surface area (Å²) in [7, 11) is 0. The maximum Gasteiger partial charge on any atom is 0.129 e. The fraction of sp³-hybridized carbons (Fsp3) is 1.00. The summed E-state index contributed by atoms with van der Waals surface area (Å²) in [5.41, 5.74) is -0.154. The molecule has 13 heavy (non-hydrogen) atoms. The minimum atomic E-state index is -0.644. The van der Waals surface area contributed by atoms with E-state index in [4.69, 9.17) is 0 Å². The summed E-state index contributed by atoms with van der Waals surface area (Å²) in [5, 5.41) is 28.4. The first kappa shape index (κ1) is 9.40. The molecule has 4 N–H and O–H groups in total. The molecule has 2 saturated heterocycles. The van der Waals surface area contributed by atoms with Crippen LogP contribution in [0.5, 0.6) is 0 Å². The highest BCUT2D eigenvalue weighted by molar-refractivity contribution is 4.90. The number of quaternary nitrogens is 1. The lowest BCUT2D eigenvalue weighted by molar-refractivity contribution is -0.950. The summed E-state index contributed by atoms with van der Waals surface area (Å²) in [6.07, 6.45) is 1.36. The molecule has 0 radical (unpaired) electrons. The van der Waals surface area contributed by atoms with Gasteiger partial charge in [-0.15, -0.1) is 0 Å². The number of aliphatic hydroxyl groups excluding tert-OH is 3. The summed E-state index contributed by atoms with van der Waals surface area (Å²) in [4.78, 5) is 1.27. The van der Waals surface area contributed by atoms with Gasteiger partial charge in [-0.2, -0.15) is 0 Å². The van der Waals surface area contributed by atoms with Crippen molar-refractivity contribution in [3.05, 3.63) is 0 Å². The number of piperidine rings is 1. The van der Waals surface area contributed by atoms with Gasteiger partial charge in [-0.1, -0.05) is 0 Å². The number of aliphatic hydroxyl groups is 3. The quantitative estimate of drug-likeness (QED) is 0.368. The highest BCUT2D eigenvalue weighted by Gasteiger charge is 2.51. The van der Waals surface area contributed by atoms with Crippen LogP contribution >= 0.6 is 0 Å². The lowest BCUT2D eigenvalue weighted by atomic mass is 9.84. The van der Waals surface area contributed by atoms with Crippen LogP contribution in [0.4, 0.5) is 0 Å². The molecule has 1 unspecified atom stereocenters. The molecule has 0 bridgehead atoms. The van der Waals surface area contributed by atoms with Crippen molar-refractivity contribution in [2.75, 3.05) is 19.7 Å². The van der Waals surface area contributed by atoms with Gasteiger partial charge in [0.2, 0.25) is 0 Å². The molecule has 0 spiro atoms. The minimum absolute atomic E-state index is 0.131. The van der Waals surface area contributed by atoms with Crippen molar-refractivity contribution in [2.45, 2.75) is 37.0 Å². The summed E-state index contributed by atoms with van der Waals surface area (Å²) in [5.74, 6) is 0. The van der Waals surface area contributed by atoms with E-state index in [9.17, 15) is 15.3 Å². The van der Waals surface area contributed by atoms with E-state index < -0.39 is 12.2 Å². The molecule has 2 aliphatic heterocycles. The van der Waals surface area contributed by atoms with Gasteiger partial charge in [0, 0.05) is 19.3 Å². The molecule has 76 valence electrons. The van der Waals surface area contributed by atoms with Crippen molar-refractivity contribution in [3.63, 3.8) is 0 Å². The molecule has 0 aromatic carbocycles. The Morgan fingerprint density at radius 2 is 2.08 bits per heavy atom. The lowest BCUT2D eigenvalue weighted by Crippen LogP contribution is -3.21. The zero-order valence-electron chi connectivity index (χ0n) is 7.74. The summed E-state index contributed by atoms with van der Waals surface area (Å²) < 4.78 is 0. The first-order valence-corrected chi connectivity index (χ1v) is 5.00. The van der Waals surface area contributed by atoms with E-state index in [1.54, 1.807) is 0 Å². The van der Waals surface area contributed by atoms with Crippen molar-refractivity contribution in [2.24, 2.45) is 0 Å². The Morgan fingerprint density at radius 1 is 1.31 bits per heavy atom. The standard InChI is InChI=1S/C9H17NO3/c11-6-9-2-1-3-10(9)5-8(13)7(12)4-9/h7-8,11-13H,1-6H2/p+1/t7-,8+,9+/m0/s1. The largest absolute Gasteiger partial charge is 0.390 e. The van der Waals surface area contributed by atoms with Crippen LogP contribution in [0.1, 0.15) is 19.3 Å². The van der Waals surface area contributed by atoms with Gasteiger partial charge in [0.05, 0.1) is 19.3 Å². The number of rotatable bonds is 1. The molecule has 2 aliphatic rings. The fourth-order valence-corrected chi connectivity index (χ4v) is 2.83. The van der Waals surface area contributed by atoms with Crippen molar-refractivity contribution in [1.82, 2.24) is 0 Å². The van der Waals surface area contributed by atoms with Gasteiger partial charge in [-0.05, 0) is 0 Å². The van der Waals surface area contributed by atoms with Crippen molar-refractivity contribution < 1.29 is 20.2 Å². The smallest absolute Gasteiger partial charge is 0.129 e. The maximum atomic E-state index is 9.55. The van der Waals surface area contributed by atoms with E-state index >= 15 is 0 Å². The summed E-state index contributed by atoms with van der Waals surface area (Å²) >= 11 is 0. The number of hydrogen-bond acceptors (Lipinski definition) is 3. The van der Waals surface area contributed by atoms with E-state index in [2.05, 4.69) is 0 Å². The fourth-order valence-electron chi connectivity index (χ4n) is 2.83. The Kier molecular flexibility index (Phi) is 2.32. The molecule has 0 amide bonds. The van der Waals surface area contributed by atoms with Crippen LogP contribution in [-0.2, 0) is 0 Å².